The summed E-state index contributed by atoms with van der Waals surface area (Å²) in [6, 6.07) is 5.82. The highest BCUT2D eigenvalue weighted by molar-refractivity contribution is 6.42. The van der Waals surface area contributed by atoms with E-state index in [-0.39, 0.29) is 0 Å². The van der Waals surface area contributed by atoms with Crippen LogP contribution < -0.4 is 0 Å². The lowest BCUT2D eigenvalue weighted by molar-refractivity contribution is 0.560. The fraction of sp³-hybridized carbons (Fsp3) is 0.455. The van der Waals surface area contributed by atoms with Gasteiger partial charge in [0.25, 0.3) is 0 Å². The Hall–Kier alpha value is -0.200. The van der Waals surface area contributed by atoms with Crippen molar-refractivity contribution in [1.82, 2.24) is 0 Å². The molecule has 0 spiro atoms. The van der Waals surface area contributed by atoms with E-state index in [1.54, 1.807) is 0 Å². The van der Waals surface area contributed by atoms with E-state index in [0.29, 0.717) is 16.0 Å². The third-order valence-corrected chi connectivity index (χ3v) is 3.15. The van der Waals surface area contributed by atoms with Gasteiger partial charge in [-0.1, -0.05) is 55.6 Å². The van der Waals surface area contributed by atoms with Gasteiger partial charge in [-0.2, -0.15) is 0 Å². The Bertz CT molecular complexity index is 281. The average Bonchev–Trinajstić information content (AvgIpc) is 2.13. The number of rotatable bonds is 3. The van der Waals surface area contributed by atoms with Gasteiger partial charge in [0.05, 0.1) is 10.0 Å². The van der Waals surface area contributed by atoms with E-state index >= 15 is 0 Å². The van der Waals surface area contributed by atoms with Crippen LogP contribution in [0.25, 0.3) is 0 Å². The fourth-order valence-corrected chi connectivity index (χ4v) is 1.62. The van der Waals surface area contributed by atoms with Crippen LogP contribution in [0.1, 0.15) is 25.8 Å². The molecule has 0 nitrogen and oxygen atoms in total. The maximum atomic E-state index is 6.06. The smallest absolute Gasteiger partial charge is 0.0624 e. The summed E-state index contributed by atoms with van der Waals surface area (Å²) >= 11 is 12.0. The van der Waals surface area contributed by atoms with E-state index in [1.165, 1.54) is 6.42 Å². The van der Waals surface area contributed by atoms with E-state index in [2.05, 4.69) is 13.8 Å². The van der Waals surface area contributed by atoms with Gasteiger partial charge in [-0.15, -0.1) is 0 Å². The van der Waals surface area contributed by atoms with Crippen LogP contribution in [-0.2, 0) is 6.42 Å². The summed E-state index contributed by atoms with van der Waals surface area (Å²) < 4.78 is 0. The second-order valence-electron chi connectivity index (χ2n) is 3.43. The van der Waals surface area contributed by atoms with Gasteiger partial charge in [-0.05, 0) is 24.0 Å². The van der Waals surface area contributed by atoms with Crippen molar-refractivity contribution in [2.75, 3.05) is 0 Å². The Morgan fingerprint density at radius 1 is 1.31 bits per heavy atom. The normalized spacial score (nSPS) is 12.9. The molecule has 1 aromatic carbocycles. The minimum Gasteiger partial charge on any atom is -0.0827 e. The molecule has 0 aliphatic rings. The first kappa shape index (κ1) is 10.9. The number of hydrogen-bond donors (Lipinski definition) is 0. The molecule has 0 heterocycles. The molecular formula is C11H14Cl2. The second kappa shape index (κ2) is 4.88. The molecule has 1 aromatic rings. The van der Waals surface area contributed by atoms with Crippen LogP contribution in [0.2, 0.25) is 10.0 Å². The molecule has 0 aliphatic heterocycles. The van der Waals surface area contributed by atoms with Gasteiger partial charge in [-0.25, -0.2) is 0 Å². The lowest BCUT2D eigenvalue weighted by atomic mass is 9.99. The van der Waals surface area contributed by atoms with Crippen LogP contribution >= 0.6 is 23.2 Å². The lowest BCUT2D eigenvalue weighted by Gasteiger charge is -2.10. The zero-order chi connectivity index (χ0) is 9.84. The fourth-order valence-electron chi connectivity index (χ4n) is 1.23. The Kier molecular flexibility index (Phi) is 4.08. The molecular weight excluding hydrogens is 203 g/mol. The van der Waals surface area contributed by atoms with Gasteiger partial charge in [0.15, 0.2) is 0 Å². The molecule has 2 heteroatoms. The van der Waals surface area contributed by atoms with Crippen LogP contribution in [-0.4, -0.2) is 0 Å². The second-order valence-corrected chi connectivity index (χ2v) is 4.22. The van der Waals surface area contributed by atoms with E-state index in [4.69, 9.17) is 23.2 Å². The molecule has 0 amide bonds. The van der Waals surface area contributed by atoms with Crippen molar-refractivity contribution < 1.29 is 0 Å². The van der Waals surface area contributed by atoms with Gasteiger partial charge < -0.3 is 0 Å². The Labute approximate surface area is 89.9 Å². The van der Waals surface area contributed by atoms with Gasteiger partial charge in [0.1, 0.15) is 0 Å². The third-order valence-electron chi connectivity index (χ3n) is 2.30. The van der Waals surface area contributed by atoms with Crippen LogP contribution in [0.15, 0.2) is 18.2 Å². The molecule has 0 bridgehead atoms. The number of benzene rings is 1. The predicted octanol–water partition coefficient (Wildman–Crippen LogP) is 4.58. The van der Waals surface area contributed by atoms with Crippen LogP contribution in [0.5, 0.6) is 0 Å². The van der Waals surface area contributed by atoms with Crippen molar-refractivity contribution in [2.24, 2.45) is 5.92 Å². The van der Waals surface area contributed by atoms with Crippen molar-refractivity contribution >= 4 is 23.2 Å². The predicted molar refractivity (Wildman–Crippen MR) is 59.6 cm³/mol. The summed E-state index contributed by atoms with van der Waals surface area (Å²) in [4.78, 5) is 0. The molecule has 0 aromatic heterocycles. The van der Waals surface area contributed by atoms with Crippen LogP contribution in [0, 0.1) is 5.92 Å². The monoisotopic (exact) mass is 216 g/mol. The summed E-state index contributed by atoms with van der Waals surface area (Å²) in [6.07, 6.45) is 2.18. The van der Waals surface area contributed by atoms with Gasteiger partial charge >= 0.3 is 0 Å². The molecule has 0 saturated heterocycles. The maximum Gasteiger partial charge on any atom is 0.0624 e. The SMILES string of the molecule is CCC(C)Cc1cccc(Cl)c1Cl. The molecule has 0 saturated carbocycles. The minimum atomic E-state index is 0.655. The first-order valence-electron chi connectivity index (χ1n) is 4.58. The maximum absolute atomic E-state index is 6.06. The first-order chi connectivity index (χ1) is 6.15. The van der Waals surface area contributed by atoms with Crippen LogP contribution in [0.3, 0.4) is 0 Å². The van der Waals surface area contributed by atoms with Gasteiger partial charge in [0, 0.05) is 0 Å². The van der Waals surface area contributed by atoms with Crippen molar-refractivity contribution in [3.8, 4) is 0 Å². The van der Waals surface area contributed by atoms with Gasteiger partial charge in [-0.3, -0.25) is 0 Å². The molecule has 1 rings (SSSR count). The third kappa shape index (κ3) is 2.89. The highest BCUT2D eigenvalue weighted by atomic mass is 35.5. The van der Waals surface area contributed by atoms with Gasteiger partial charge in [0.2, 0.25) is 0 Å². The summed E-state index contributed by atoms with van der Waals surface area (Å²) in [6.45, 7) is 4.40. The standard InChI is InChI=1S/C11H14Cl2/c1-3-8(2)7-9-5-4-6-10(12)11(9)13/h4-6,8H,3,7H2,1-2H3. The summed E-state index contributed by atoms with van der Waals surface area (Å²) in [7, 11) is 0. The van der Waals surface area contributed by atoms with Crippen LogP contribution in [0.4, 0.5) is 0 Å². The lowest BCUT2D eigenvalue weighted by Crippen LogP contribution is -1.98. The molecule has 0 N–H and O–H groups in total. The number of hydrogen-bond acceptors (Lipinski definition) is 0. The molecule has 13 heavy (non-hydrogen) atoms. The summed E-state index contributed by atoms with van der Waals surface area (Å²) in [5.74, 6) is 0.663. The summed E-state index contributed by atoms with van der Waals surface area (Å²) in [5, 5.41) is 1.37. The molecule has 0 radical (unpaired) electrons. The molecule has 1 atom stereocenters. The van der Waals surface area contributed by atoms with E-state index in [1.807, 2.05) is 18.2 Å². The van der Waals surface area contributed by atoms with E-state index in [9.17, 15) is 0 Å². The van der Waals surface area contributed by atoms with Crippen molar-refractivity contribution in [1.29, 1.82) is 0 Å². The van der Waals surface area contributed by atoms with E-state index < -0.39 is 0 Å². The molecule has 0 fully saturated rings. The Morgan fingerprint density at radius 2 is 2.00 bits per heavy atom. The first-order valence-corrected chi connectivity index (χ1v) is 5.33. The topological polar surface area (TPSA) is 0 Å². The molecule has 1 unspecified atom stereocenters. The quantitative estimate of drug-likeness (QED) is 0.694. The highest BCUT2D eigenvalue weighted by Gasteiger charge is 2.07. The van der Waals surface area contributed by atoms with E-state index in [0.717, 1.165) is 12.0 Å². The van der Waals surface area contributed by atoms with Crippen molar-refractivity contribution in [3.05, 3.63) is 33.8 Å². The largest absolute Gasteiger partial charge is 0.0827 e. The zero-order valence-electron chi connectivity index (χ0n) is 7.98. The Morgan fingerprint density at radius 3 is 2.62 bits per heavy atom. The molecule has 72 valence electrons. The average molecular weight is 217 g/mol. The van der Waals surface area contributed by atoms with Crippen molar-refractivity contribution in [2.45, 2.75) is 26.7 Å². The zero-order valence-corrected chi connectivity index (χ0v) is 9.49. The highest BCUT2D eigenvalue weighted by Crippen LogP contribution is 2.27. The molecule has 0 aliphatic carbocycles. The van der Waals surface area contributed by atoms with Crippen molar-refractivity contribution in [3.63, 3.8) is 0 Å². The summed E-state index contributed by atoms with van der Waals surface area (Å²) in [5.41, 5.74) is 1.16. The number of halogens is 2. The Balaban J connectivity index is 2.83. The minimum absolute atomic E-state index is 0.655.